The van der Waals surface area contributed by atoms with Crippen LogP contribution in [0.5, 0.6) is 0 Å². The molecule has 0 bridgehead atoms. The number of carbonyl (C=O) groups excluding carboxylic acids is 1. The van der Waals surface area contributed by atoms with Gasteiger partial charge in [-0.2, -0.15) is 0 Å². The minimum atomic E-state index is -4.16. The molecule has 3 rings (SSSR count). The first-order valence-corrected chi connectivity index (χ1v) is 16.9. The van der Waals surface area contributed by atoms with E-state index in [1.165, 1.54) is 0 Å². The summed E-state index contributed by atoms with van der Waals surface area (Å²) in [5, 5.41) is 2.69. The van der Waals surface area contributed by atoms with Gasteiger partial charge in [0, 0.05) is 25.2 Å². The number of amides is 1. The topological polar surface area (TPSA) is 138 Å². The molecule has 2 aliphatic heterocycles. The number of halogens is 1. The third kappa shape index (κ3) is 11.9. The number of nitrogens with zero attached hydrogens (tertiary/aromatic N) is 1. The molecule has 0 aromatic carbocycles. The highest BCUT2D eigenvalue weighted by Crippen LogP contribution is 2.59. The Kier molecular flexibility index (Phi) is 15.1. The fraction of sp³-hybridized carbons (Fsp3) is 0.531. The van der Waals surface area contributed by atoms with Crippen molar-refractivity contribution in [2.45, 2.75) is 89.3 Å². The van der Waals surface area contributed by atoms with Gasteiger partial charge in [-0.15, -0.1) is 0 Å². The van der Waals surface area contributed by atoms with Gasteiger partial charge in [0.2, 0.25) is 5.91 Å². The maximum Gasteiger partial charge on any atom is 0.475 e. The molecule has 1 aromatic heterocycles. The largest absolute Gasteiger partial charge is 0.475 e. The average molecular weight is 650 g/mol. The van der Waals surface area contributed by atoms with Crippen LogP contribution < -0.4 is 16.6 Å². The zero-order valence-electron chi connectivity index (χ0n) is 26.0. The summed E-state index contributed by atoms with van der Waals surface area (Å²) < 4.78 is 51.1. The van der Waals surface area contributed by atoms with E-state index in [2.05, 4.69) is 73.0 Å². The minimum absolute atomic E-state index is 0.0596. The summed E-state index contributed by atoms with van der Waals surface area (Å²) in [7, 11) is -4.16. The van der Waals surface area contributed by atoms with Crippen LogP contribution in [0, 0.1) is 0 Å². The van der Waals surface area contributed by atoms with Crippen molar-refractivity contribution in [1.82, 2.24) is 14.9 Å². The molecule has 0 aliphatic carbocycles. The van der Waals surface area contributed by atoms with Gasteiger partial charge in [0.05, 0.1) is 13.2 Å². The lowest BCUT2D eigenvalue weighted by atomic mass is 9.98. The summed E-state index contributed by atoms with van der Waals surface area (Å²) in [6.07, 6.45) is 25.3. The Morgan fingerprint density at radius 3 is 2.33 bits per heavy atom. The Bertz CT molecular complexity index is 1400. The molecule has 3 heterocycles. The summed E-state index contributed by atoms with van der Waals surface area (Å²) in [5.74, 6) is -0.176. The van der Waals surface area contributed by atoms with Crippen molar-refractivity contribution in [2.24, 2.45) is 0 Å². The normalized spacial score (nSPS) is 27.0. The molecular weight excluding hydrogens is 604 g/mol. The summed E-state index contributed by atoms with van der Waals surface area (Å²) in [6.45, 7) is 2.86. The van der Waals surface area contributed by atoms with E-state index >= 15 is 4.39 Å². The lowest BCUT2D eigenvalue weighted by Crippen LogP contribution is -2.46. The standard InChI is InChI=1S/C32H45FN3O8P/c1-3-4-5-6-7-8-9-10-11-12-13-14-15-16-17-18-19-20-27(37)34-22-24-41-45(40)42-25-26-29(44-45)32(2,33)30(43-26)36-23-21-28(38)35-31(36)39/h4-5,7-8,10-11,13-14,16-17,21,23,26,29-30H,3,6,9,12,15,18-20,22,24-25H2,1-2H3,(H,34,37)(H,35,38,39)/b5-4-,8-7-,11-10-,14-13-,17-16-/t26-,29-,30-,32-,45?/m1/s1. The number of unbranched alkanes of at least 4 members (excludes halogenated alkanes) is 1. The maximum atomic E-state index is 15.8. The van der Waals surface area contributed by atoms with Crippen molar-refractivity contribution in [2.75, 3.05) is 19.8 Å². The Morgan fingerprint density at radius 1 is 1.09 bits per heavy atom. The average Bonchev–Trinajstić information content (AvgIpc) is 3.26. The van der Waals surface area contributed by atoms with E-state index < -0.39 is 43.2 Å². The predicted molar refractivity (Wildman–Crippen MR) is 170 cm³/mol. The van der Waals surface area contributed by atoms with Gasteiger partial charge < -0.3 is 10.1 Å². The van der Waals surface area contributed by atoms with E-state index in [-0.39, 0.29) is 25.7 Å². The molecule has 11 nitrogen and oxygen atoms in total. The highest BCUT2D eigenvalue weighted by atomic mass is 31.2. The molecule has 13 heteroatoms. The van der Waals surface area contributed by atoms with Crippen LogP contribution in [0.4, 0.5) is 4.39 Å². The molecule has 1 unspecified atom stereocenters. The number of hydrogen-bond acceptors (Lipinski definition) is 8. The number of aromatic amines is 1. The van der Waals surface area contributed by atoms with Crippen LogP contribution in [0.15, 0.2) is 82.6 Å². The number of aromatic nitrogens is 2. The van der Waals surface area contributed by atoms with E-state index in [0.717, 1.165) is 62.3 Å². The lowest BCUT2D eigenvalue weighted by molar-refractivity contribution is -0.121. The second kappa shape index (κ2) is 18.7. The van der Waals surface area contributed by atoms with Crippen molar-refractivity contribution in [3.8, 4) is 0 Å². The van der Waals surface area contributed by atoms with Gasteiger partial charge in [0.25, 0.3) is 5.56 Å². The SMILES string of the molecule is CC/C=C\C/C=C\C/C=C\C/C=C\C/C=C\CCCC(=O)NCCOP1(=O)OC[C@H]2O[C@@H](n3ccc(=O)[nH]c3=O)[C@](C)(F)[C@@H]2O1. The van der Waals surface area contributed by atoms with E-state index in [1.807, 2.05) is 4.98 Å². The van der Waals surface area contributed by atoms with Gasteiger partial charge in [-0.1, -0.05) is 67.7 Å². The second-order valence-electron chi connectivity index (χ2n) is 10.7. The molecule has 0 radical (unpaired) electrons. The first kappa shape index (κ1) is 36.3. The van der Waals surface area contributed by atoms with E-state index in [9.17, 15) is 18.9 Å². The zero-order valence-corrected chi connectivity index (χ0v) is 26.9. The monoisotopic (exact) mass is 649 g/mol. The fourth-order valence-electron chi connectivity index (χ4n) is 4.71. The van der Waals surface area contributed by atoms with Crippen LogP contribution in [0.2, 0.25) is 0 Å². The summed E-state index contributed by atoms with van der Waals surface area (Å²) in [5.41, 5.74) is -3.79. The molecule has 1 amide bonds. The van der Waals surface area contributed by atoms with Crippen LogP contribution >= 0.6 is 7.82 Å². The molecule has 2 N–H and O–H groups in total. The highest BCUT2D eigenvalue weighted by Gasteiger charge is 2.61. The summed E-state index contributed by atoms with van der Waals surface area (Å²) >= 11 is 0. The number of carbonyl (C=O) groups is 1. The van der Waals surface area contributed by atoms with Crippen LogP contribution in [-0.2, 0) is 27.7 Å². The number of allylic oxidation sites excluding steroid dienone is 10. The van der Waals surface area contributed by atoms with Crippen LogP contribution in [0.1, 0.15) is 71.4 Å². The van der Waals surface area contributed by atoms with Gasteiger partial charge in [-0.25, -0.2) is 13.8 Å². The van der Waals surface area contributed by atoms with E-state index in [1.54, 1.807) is 0 Å². The minimum Gasteiger partial charge on any atom is -0.354 e. The van der Waals surface area contributed by atoms with Crippen LogP contribution in [-0.4, -0.2) is 53.1 Å². The number of alkyl halides is 1. The van der Waals surface area contributed by atoms with Crippen LogP contribution in [0.25, 0.3) is 0 Å². The van der Waals surface area contributed by atoms with Crippen molar-refractivity contribution in [1.29, 1.82) is 0 Å². The summed E-state index contributed by atoms with van der Waals surface area (Å²) in [6, 6.07) is 1.06. The van der Waals surface area contributed by atoms with Gasteiger partial charge in [0.15, 0.2) is 11.9 Å². The number of rotatable bonds is 18. The van der Waals surface area contributed by atoms with Crippen LogP contribution in [0.3, 0.4) is 0 Å². The summed E-state index contributed by atoms with van der Waals surface area (Å²) in [4.78, 5) is 37.7. The maximum absolute atomic E-state index is 15.8. The lowest BCUT2D eigenvalue weighted by Gasteiger charge is -2.33. The van der Waals surface area contributed by atoms with Crippen molar-refractivity contribution >= 4 is 13.7 Å². The number of phosphoric ester groups is 1. The van der Waals surface area contributed by atoms with Gasteiger partial charge in [-0.05, 0) is 51.9 Å². The number of fused-ring (bicyclic) bond motifs is 1. The predicted octanol–water partition coefficient (Wildman–Crippen LogP) is 5.74. The number of nitrogens with one attached hydrogen (secondary N) is 2. The zero-order chi connectivity index (χ0) is 32.5. The molecular formula is C32H45FN3O8P. The molecule has 248 valence electrons. The van der Waals surface area contributed by atoms with Crippen molar-refractivity contribution in [3.63, 3.8) is 0 Å². The second-order valence-corrected chi connectivity index (χ2v) is 12.4. The molecule has 5 atom stereocenters. The molecule has 2 aliphatic rings. The van der Waals surface area contributed by atoms with Gasteiger partial charge >= 0.3 is 13.5 Å². The molecule has 2 saturated heterocycles. The van der Waals surface area contributed by atoms with Crippen molar-refractivity contribution in [3.05, 3.63) is 93.9 Å². The van der Waals surface area contributed by atoms with Crippen molar-refractivity contribution < 1.29 is 32.1 Å². The number of ether oxygens (including phenoxy) is 1. The first-order chi connectivity index (χ1) is 21.7. The van der Waals surface area contributed by atoms with E-state index in [4.69, 9.17) is 18.3 Å². The number of H-pyrrole nitrogens is 1. The molecule has 0 saturated carbocycles. The Labute approximate surface area is 263 Å². The Hall–Kier alpha value is -3.15. The Balaban J connectivity index is 1.26. The first-order valence-electron chi connectivity index (χ1n) is 15.4. The molecule has 0 spiro atoms. The quantitative estimate of drug-likeness (QED) is 0.117. The molecule has 2 fully saturated rings. The highest BCUT2D eigenvalue weighted by molar-refractivity contribution is 7.48. The van der Waals surface area contributed by atoms with E-state index in [0.29, 0.717) is 12.8 Å². The smallest absolute Gasteiger partial charge is 0.354 e. The third-order valence-electron chi connectivity index (χ3n) is 7.03. The number of phosphoric acid groups is 1. The fourth-order valence-corrected chi connectivity index (χ4v) is 6.17. The molecule has 1 aromatic rings. The number of hydrogen-bond donors (Lipinski definition) is 2. The Morgan fingerprint density at radius 2 is 1.71 bits per heavy atom. The van der Waals surface area contributed by atoms with Gasteiger partial charge in [0.1, 0.15) is 12.2 Å². The molecule has 45 heavy (non-hydrogen) atoms. The van der Waals surface area contributed by atoms with Gasteiger partial charge in [-0.3, -0.25) is 32.7 Å². The third-order valence-corrected chi connectivity index (χ3v) is 8.48.